The van der Waals surface area contributed by atoms with E-state index in [0.29, 0.717) is 13.0 Å². The third-order valence-corrected chi connectivity index (χ3v) is 2.81. The first kappa shape index (κ1) is 15.4. The molecule has 0 aliphatic carbocycles. The zero-order valence-corrected chi connectivity index (χ0v) is 10.9. The van der Waals surface area contributed by atoms with Gasteiger partial charge >= 0.3 is 0 Å². The molecule has 0 heterocycles. The predicted octanol–water partition coefficient (Wildman–Crippen LogP) is 1.39. The Balaban J connectivity index is 3.62. The van der Waals surface area contributed by atoms with Crippen LogP contribution in [0.1, 0.15) is 39.0 Å². The van der Waals surface area contributed by atoms with Crippen molar-refractivity contribution in [3.8, 4) is 0 Å². The van der Waals surface area contributed by atoms with Crippen LogP contribution in [0.15, 0.2) is 0 Å². The minimum Gasteiger partial charge on any atom is -0.383 e. The minimum atomic E-state index is 0.154. The highest BCUT2D eigenvalue weighted by atomic mass is 16.5. The fraction of sp³-hybridized carbons (Fsp3) is 0.917. The molecular formula is C12H26N2O2. The van der Waals surface area contributed by atoms with Gasteiger partial charge in [0.2, 0.25) is 5.91 Å². The summed E-state index contributed by atoms with van der Waals surface area (Å²) in [5.74, 6) is 0.206. The van der Waals surface area contributed by atoms with Crippen LogP contribution in [0.2, 0.25) is 0 Å². The van der Waals surface area contributed by atoms with E-state index in [9.17, 15) is 4.79 Å². The van der Waals surface area contributed by atoms with E-state index < -0.39 is 0 Å². The Bertz CT molecular complexity index is 186. The second-order valence-electron chi connectivity index (χ2n) is 4.26. The van der Waals surface area contributed by atoms with Crippen molar-refractivity contribution in [2.75, 3.05) is 27.3 Å². The minimum absolute atomic E-state index is 0.154. The maximum atomic E-state index is 11.7. The molecule has 0 aromatic heterocycles. The number of rotatable bonds is 9. The summed E-state index contributed by atoms with van der Waals surface area (Å²) in [7, 11) is 3.49. The van der Waals surface area contributed by atoms with Crippen LogP contribution in [-0.2, 0) is 9.53 Å². The van der Waals surface area contributed by atoms with Crippen molar-refractivity contribution in [3.63, 3.8) is 0 Å². The number of hydrogen-bond acceptors (Lipinski definition) is 3. The van der Waals surface area contributed by atoms with E-state index in [4.69, 9.17) is 10.5 Å². The molecule has 4 nitrogen and oxygen atoms in total. The van der Waals surface area contributed by atoms with E-state index in [1.54, 1.807) is 12.0 Å². The Morgan fingerprint density at radius 2 is 1.94 bits per heavy atom. The number of carbonyl (C=O) groups is 1. The summed E-state index contributed by atoms with van der Waals surface area (Å²) in [6, 6.07) is 0.154. The summed E-state index contributed by atoms with van der Waals surface area (Å²) in [6.07, 6.45) is 4.87. The molecule has 4 heteroatoms. The first-order valence-electron chi connectivity index (χ1n) is 6.08. The first-order valence-corrected chi connectivity index (χ1v) is 6.08. The number of hydrogen-bond donors (Lipinski definition) is 1. The van der Waals surface area contributed by atoms with Gasteiger partial charge in [0.15, 0.2) is 0 Å². The summed E-state index contributed by atoms with van der Waals surface area (Å²) in [4.78, 5) is 13.5. The molecule has 2 N–H and O–H groups in total. The van der Waals surface area contributed by atoms with Gasteiger partial charge in [0.25, 0.3) is 0 Å². The quantitative estimate of drug-likeness (QED) is 0.609. The summed E-state index contributed by atoms with van der Waals surface area (Å²) >= 11 is 0. The Labute approximate surface area is 99.1 Å². The molecule has 0 aromatic carbocycles. The largest absolute Gasteiger partial charge is 0.383 e. The van der Waals surface area contributed by atoms with E-state index in [1.165, 1.54) is 0 Å². The smallest absolute Gasteiger partial charge is 0.222 e. The van der Waals surface area contributed by atoms with E-state index in [1.807, 2.05) is 14.0 Å². The topological polar surface area (TPSA) is 55.6 Å². The molecule has 1 atom stereocenters. The molecule has 16 heavy (non-hydrogen) atoms. The summed E-state index contributed by atoms with van der Waals surface area (Å²) < 4.78 is 5.02. The fourth-order valence-corrected chi connectivity index (χ4v) is 1.55. The lowest BCUT2D eigenvalue weighted by Crippen LogP contribution is -2.37. The van der Waals surface area contributed by atoms with Gasteiger partial charge in [-0.3, -0.25) is 4.79 Å². The van der Waals surface area contributed by atoms with Crippen LogP contribution >= 0.6 is 0 Å². The molecule has 0 fully saturated rings. The zero-order chi connectivity index (χ0) is 12.4. The highest BCUT2D eigenvalue weighted by molar-refractivity contribution is 5.76. The van der Waals surface area contributed by atoms with Gasteiger partial charge in [0.1, 0.15) is 0 Å². The van der Waals surface area contributed by atoms with Gasteiger partial charge in [0.05, 0.1) is 12.6 Å². The normalized spacial score (nSPS) is 12.5. The Morgan fingerprint density at radius 3 is 2.50 bits per heavy atom. The lowest BCUT2D eigenvalue weighted by Gasteiger charge is -2.24. The average molecular weight is 230 g/mol. The Hall–Kier alpha value is -0.610. The first-order chi connectivity index (χ1) is 7.63. The second-order valence-corrected chi connectivity index (χ2v) is 4.26. The van der Waals surface area contributed by atoms with E-state index in [2.05, 4.69) is 0 Å². The lowest BCUT2D eigenvalue weighted by molar-refractivity contribution is -0.132. The summed E-state index contributed by atoms with van der Waals surface area (Å²) in [5.41, 5.74) is 5.40. The van der Waals surface area contributed by atoms with Crippen molar-refractivity contribution < 1.29 is 9.53 Å². The Morgan fingerprint density at radius 1 is 1.31 bits per heavy atom. The third kappa shape index (κ3) is 6.80. The number of unbranched alkanes of at least 4 members (excludes halogenated alkanes) is 3. The van der Waals surface area contributed by atoms with Crippen LogP contribution in [0.4, 0.5) is 0 Å². The van der Waals surface area contributed by atoms with Crippen molar-refractivity contribution in [2.24, 2.45) is 5.73 Å². The van der Waals surface area contributed by atoms with Crippen molar-refractivity contribution in [1.29, 1.82) is 0 Å². The van der Waals surface area contributed by atoms with Gasteiger partial charge in [0, 0.05) is 20.6 Å². The summed E-state index contributed by atoms with van der Waals surface area (Å²) in [5, 5.41) is 0. The number of amides is 1. The van der Waals surface area contributed by atoms with Gasteiger partial charge in [-0.2, -0.15) is 0 Å². The average Bonchev–Trinajstić information content (AvgIpc) is 2.27. The van der Waals surface area contributed by atoms with Gasteiger partial charge in [-0.1, -0.05) is 12.8 Å². The van der Waals surface area contributed by atoms with Gasteiger partial charge in [-0.25, -0.2) is 0 Å². The van der Waals surface area contributed by atoms with Crippen LogP contribution in [0.25, 0.3) is 0 Å². The molecule has 0 saturated heterocycles. The monoisotopic (exact) mass is 230 g/mol. The molecule has 0 aromatic rings. The molecule has 0 bridgehead atoms. The molecule has 0 radical (unpaired) electrons. The molecule has 1 unspecified atom stereocenters. The molecule has 1 amide bonds. The van der Waals surface area contributed by atoms with Crippen molar-refractivity contribution >= 4 is 5.91 Å². The van der Waals surface area contributed by atoms with E-state index in [0.717, 1.165) is 32.2 Å². The number of ether oxygens (including phenoxy) is 1. The third-order valence-electron chi connectivity index (χ3n) is 2.81. The van der Waals surface area contributed by atoms with Gasteiger partial charge < -0.3 is 15.4 Å². The number of nitrogens with two attached hydrogens (primary N) is 1. The molecular weight excluding hydrogens is 204 g/mol. The standard InChI is InChI=1S/C12H26N2O2/c1-11(10-16-3)14(2)12(15)8-6-4-5-7-9-13/h11H,4-10,13H2,1-3H3. The van der Waals surface area contributed by atoms with Gasteiger partial charge in [-0.05, 0) is 26.3 Å². The van der Waals surface area contributed by atoms with Crippen molar-refractivity contribution in [1.82, 2.24) is 4.90 Å². The summed E-state index contributed by atoms with van der Waals surface area (Å²) in [6.45, 7) is 3.34. The second kappa shape index (κ2) is 9.60. The molecule has 0 rings (SSSR count). The lowest BCUT2D eigenvalue weighted by atomic mass is 10.1. The van der Waals surface area contributed by atoms with Crippen molar-refractivity contribution in [2.45, 2.75) is 45.1 Å². The molecule has 0 spiro atoms. The van der Waals surface area contributed by atoms with Crippen LogP contribution in [0.5, 0.6) is 0 Å². The molecule has 96 valence electrons. The fourth-order valence-electron chi connectivity index (χ4n) is 1.55. The number of carbonyl (C=O) groups excluding carboxylic acids is 1. The van der Waals surface area contributed by atoms with Gasteiger partial charge in [-0.15, -0.1) is 0 Å². The van der Waals surface area contributed by atoms with Crippen LogP contribution in [0.3, 0.4) is 0 Å². The van der Waals surface area contributed by atoms with Crippen LogP contribution in [-0.4, -0.2) is 44.2 Å². The number of likely N-dealkylation sites (N-methyl/N-ethyl adjacent to an activating group) is 1. The van der Waals surface area contributed by atoms with E-state index >= 15 is 0 Å². The van der Waals surface area contributed by atoms with Crippen LogP contribution in [0, 0.1) is 0 Å². The number of nitrogens with zero attached hydrogens (tertiary/aromatic N) is 1. The highest BCUT2D eigenvalue weighted by Crippen LogP contribution is 2.06. The maximum Gasteiger partial charge on any atom is 0.222 e. The molecule has 0 aliphatic rings. The Kier molecular flexibility index (Phi) is 9.24. The maximum absolute atomic E-state index is 11.7. The number of methoxy groups -OCH3 is 1. The predicted molar refractivity (Wildman–Crippen MR) is 66.2 cm³/mol. The van der Waals surface area contributed by atoms with E-state index in [-0.39, 0.29) is 11.9 Å². The molecule has 0 aliphatic heterocycles. The van der Waals surface area contributed by atoms with Crippen LogP contribution < -0.4 is 5.73 Å². The SMILES string of the molecule is COCC(C)N(C)C(=O)CCCCCCN. The zero-order valence-electron chi connectivity index (χ0n) is 10.9. The highest BCUT2D eigenvalue weighted by Gasteiger charge is 2.14. The van der Waals surface area contributed by atoms with Crippen molar-refractivity contribution in [3.05, 3.63) is 0 Å². The molecule has 0 saturated carbocycles.